The van der Waals surface area contributed by atoms with Gasteiger partial charge in [-0.1, -0.05) is 36.4 Å². The monoisotopic (exact) mass is 334 g/mol. The van der Waals surface area contributed by atoms with Crippen LogP contribution in [0.3, 0.4) is 0 Å². The van der Waals surface area contributed by atoms with Gasteiger partial charge in [0, 0.05) is 20.4 Å². The molecule has 0 unspecified atom stereocenters. The van der Waals surface area contributed by atoms with E-state index in [0.29, 0.717) is 0 Å². The van der Waals surface area contributed by atoms with E-state index in [9.17, 15) is 0 Å². The summed E-state index contributed by atoms with van der Waals surface area (Å²) in [4.78, 5) is 6.54. The van der Waals surface area contributed by atoms with Gasteiger partial charge in [0.15, 0.2) is 0 Å². The highest BCUT2D eigenvalue weighted by Crippen LogP contribution is 2.68. The molecule has 5 rings (SSSR count). The third-order valence-electron chi connectivity index (χ3n) is 6.13. The number of aryl methyl sites for hydroxylation is 1. The first kappa shape index (κ1) is 14.4. The van der Waals surface area contributed by atoms with Crippen molar-refractivity contribution < 1.29 is 0 Å². The molecule has 0 fully saturated rings. The van der Waals surface area contributed by atoms with Crippen molar-refractivity contribution in [2.75, 3.05) is 12.5 Å². The van der Waals surface area contributed by atoms with Crippen molar-refractivity contribution in [1.29, 1.82) is 0 Å². The molecule has 122 valence electrons. The number of rotatable bonds is 0. The minimum Gasteiger partial charge on any atom is -0.293 e. The van der Waals surface area contributed by atoms with E-state index in [4.69, 9.17) is 4.98 Å². The lowest BCUT2D eigenvalue weighted by atomic mass is 10.0. The normalized spacial score (nSPS) is 19.4. The second kappa shape index (κ2) is 4.15. The van der Waals surface area contributed by atoms with Gasteiger partial charge in [0.25, 0.3) is 0 Å². The van der Waals surface area contributed by atoms with E-state index in [2.05, 4.69) is 80.1 Å². The van der Waals surface area contributed by atoms with Crippen LogP contribution in [0.1, 0.15) is 25.2 Å². The summed E-state index contributed by atoms with van der Waals surface area (Å²) in [7, 11) is -0.995. The maximum atomic E-state index is 5.03. The molecule has 0 N–H and O–H groups in total. The standard InChI is InChI=1S/C21H22N2S/c1-13-19-21(2,3)24(4,5)17-12-8-11-15-14-9-6-7-10-16(14)20(22-13)23(19)18(15)17/h6-12H,1-5H3. The number of fused-ring (bicyclic) bond motifs is 3. The van der Waals surface area contributed by atoms with Gasteiger partial charge >= 0.3 is 0 Å². The average molecular weight is 334 g/mol. The molecular weight excluding hydrogens is 312 g/mol. The molecule has 0 saturated heterocycles. The molecule has 0 amide bonds. The van der Waals surface area contributed by atoms with Gasteiger partial charge in [-0.05, 0) is 44.7 Å². The van der Waals surface area contributed by atoms with Gasteiger partial charge < -0.3 is 0 Å². The number of para-hydroxylation sites is 1. The van der Waals surface area contributed by atoms with Crippen LogP contribution in [0.25, 0.3) is 27.3 Å². The van der Waals surface area contributed by atoms with E-state index in [-0.39, 0.29) is 4.75 Å². The van der Waals surface area contributed by atoms with Gasteiger partial charge in [0.1, 0.15) is 5.65 Å². The maximum Gasteiger partial charge on any atom is 0.145 e. The minimum atomic E-state index is -0.995. The Morgan fingerprint density at radius 1 is 0.917 bits per heavy atom. The zero-order chi connectivity index (χ0) is 16.9. The molecule has 3 heteroatoms. The zero-order valence-electron chi connectivity index (χ0n) is 14.8. The molecule has 2 aromatic heterocycles. The molecule has 0 saturated carbocycles. The van der Waals surface area contributed by atoms with Crippen molar-refractivity contribution >= 4 is 37.4 Å². The predicted octanol–water partition coefficient (Wildman–Crippen LogP) is 5.62. The first-order valence-electron chi connectivity index (χ1n) is 8.41. The van der Waals surface area contributed by atoms with Crippen LogP contribution in [0.5, 0.6) is 0 Å². The fourth-order valence-electron chi connectivity index (χ4n) is 4.44. The van der Waals surface area contributed by atoms with E-state index in [1.165, 1.54) is 38.0 Å². The number of nitrogens with zero attached hydrogens (tertiary/aromatic N) is 2. The fourth-order valence-corrected chi connectivity index (χ4v) is 6.82. The highest BCUT2D eigenvalue weighted by Gasteiger charge is 2.44. The van der Waals surface area contributed by atoms with Crippen LogP contribution in [-0.4, -0.2) is 21.9 Å². The molecule has 2 aromatic carbocycles. The van der Waals surface area contributed by atoms with Crippen LogP contribution >= 0.6 is 10.0 Å². The van der Waals surface area contributed by atoms with Crippen molar-refractivity contribution in [3.63, 3.8) is 0 Å². The van der Waals surface area contributed by atoms with Crippen molar-refractivity contribution in [1.82, 2.24) is 9.38 Å². The molecule has 0 radical (unpaired) electrons. The molecule has 0 bridgehead atoms. The zero-order valence-corrected chi connectivity index (χ0v) is 15.7. The van der Waals surface area contributed by atoms with Gasteiger partial charge in [0.2, 0.25) is 0 Å². The molecular formula is C21H22N2S. The van der Waals surface area contributed by atoms with E-state index in [1.54, 1.807) is 0 Å². The van der Waals surface area contributed by atoms with Gasteiger partial charge in [0.05, 0.1) is 16.9 Å². The lowest BCUT2D eigenvalue weighted by Gasteiger charge is -2.50. The van der Waals surface area contributed by atoms with Crippen LogP contribution in [0.15, 0.2) is 47.4 Å². The summed E-state index contributed by atoms with van der Waals surface area (Å²) in [5, 5.41) is 3.92. The molecule has 0 atom stereocenters. The van der Waals surface area contributed by atoms with Crippen molar-refractivity contribution in [3.05, 3.63) is 53.9 Å². The van der Waals surface area contributed by atoms with Gasteiger partial charge in [-0.25, -0.2) is 15.0 Å². The first-order valence-corrected chi connectivity index (χ1v) is 10.9. The summed E-state index contributed by atoms with van der Waals surface area (Å²) in [6.45, 7) is 6.97. The number of hydrogen-bond acceptors (Lipinski definition) is 1. The highest BCUT2D eigenvalue weighted by atomic mass is 32.3. The van der Waals surface area contributed by atoms with E-state index in [1.807, 2.05) is 0 Å². The maximum absolute atomic E-state index is 5.03. The molecule has 1 aliphatic heterocycles. The van der Waals surface area contributed by atoms with Crippen molar-refractivity contribution in [2.24, 2.45) is 0 Å². The third kappa shape index (κ3) is 1.39. The van der Waals surface area contributed by atoms with Crippen LogP contribution < -0.4 is 0 Å². The molecule has 3 heterocycles. The Morgan fingerprint density at radius 3 is 2.33 bits per heavy atom. The Balaban J connectivity index is 2.24. The molecule has 0 spiro atoms. The number of aromatic nitrogens is 2. The minimum absolute atomic E-state index is 0.0975. The molecule has 4 aromatic rings. The summed E-state index contributed by atoms with van der Waals surface area (Å²) in [5.41, 5.74) is 5.06. The topological polar surface area (TPSA) is 17.3 Å². The van der Waals surface area contributed by atoms with Gasteiger partial charge in [-0.2, -0.15) is 0 Å². The van der Waals surface area contributed by atoms with E-state index < -0.39 is 10.0 Å². The number of hydrogen-bond donors (Lipinski definition) is 0. The Bertz CT molecular complexity index is 1170. The Hall–Kier alpha value is -2.00. The van der Waals surface area contributed by atoms with E-state index >= 15 is 0 Å². The van der Waals surface area contributed by atoms with Crippen LogP contribution in [0.4, 0.5) is 0 Å². The van der Waals surface area contributed by atoms with Crippen LogP contribution in [-0.2, 0) is 4.75 Å². The summed E-state index contributed by atoms with van der Waals surface area (Å²) in [6.07, 6.45) is 4.91. The third-order valence-corrected chi connectivity index (χ3v) is 10.3. The lowest BCUT2D eigenvalue weighted by molar-refractivity contribution is 0.711. The SMILES string of the molecule is Cc1nc2c3ccccc3c3cccc4c3n2c1C(C)(C)S4(C)C. The summed E-state index contributed by atoms with van der Waals surface area (Å²) in [5.74, 6) is 0. The van der Waals surface area contributed by atoms with Crippen LogP contribution in [0, 0.1) is 6.92 Å². The predicted molar refractivity (Wildman–Crippen MR) is 106 cm³/mol. The summed E-state index contributed by atoms with van der Waals surface area (Å²) in [6, 6.07) is 15.5. The van der Waals surface area contributed by atoms with Crippen molar-refractivity contribution in [3.8, 4) is 0 Å². The lowest BCUT2D eigenvalue weighted by Crippen LogP contribution is -2.31. The quantitative estimate of drug-likeness (QED) is 0.381. The number of benzene rings is 2. The molecule has 24 heavy (non-hydrogen) atoms. The smallest absolute Gasteiger partial charge is 0.145 e. The second-order valence-electron chi connectivity index (χ2n) is 7.74. The van der Waals surface area contributed by atoms with Crippen molar-refractivity contribution in [2.45, 2.75) is 30.4 Å². The van der Waals surface area contributed by atoms with E-state index in [0.717, 1.165) is 5.65 Å². The molecule has 1 aliphatic rings. The Labute approximate surface area is 143 Å². The fraction of sp³-hybridized carbons (Fsp3) is 0.286. The van der Waals surface area contributed by atoms with Gasteiger partial charge in [-0.3, -0.25) is 4.40 Å². The number of imidazole rings is 1. The Kier molecular flexibility index (Phi) is 2.48. The Morgan fingerprint density at radius 2 is 1.58 bits per heavy atom. The average Bonchev–Trinajstić information content (AvgIpc) is 2.91. The summed E-state index contributed by atoms with van der Waals surface area (Å²) >= 11 is 0. The summed E-state index contributed by atoms with van der Waals surface area (Å²) < 4.78 is 2.56. The molecule has 0 aliphatic carbocycles. The molecule has 2 nitrogen and oxygen atoms in total. The number of pyridine rings is 1. The van der Waals surface area contributed by atoms with Gasteiger partial charge in [-0.15, -0.1) is 0 Å². The highest BCUT2D eigenvalue weighted by molar-refractivity contribution is 8.33. The second-order valence-corrected chi connectivity index (χ2v) is 11.9. The largest absolute Gasteiger partial charge is 0.293 e. The van der Waals surface area contributed by atoms with Crippen LogP contribution in [0.2, 0.25) is 0 Å². The first-order chi connectivity index (χ1) is 11.4.